The molecule has 0 radical (unpaired) electrons. The summed E-state index contributed by atoms with van der Waals surface area (Å²) in [5.74, 6) is 0.430. The lowest BCUT2D eigenvalue weighted by molar-refractivity contribution is -0.145. The van der Waals surface area contributed by atoms with Crippen LogP contribution in [0.15, 0.2) is 6.20 Å². The number of aryl methyl sites for hydroxylation is 1. The van der Waals surface area contributed by atoms with Crippen LogP contribution >= 0.6 is 0 Å². The first-order chi connectivity index (χ1) is 7.69. The third-order valence-corrected chi connectivity index (χ3v) is 2.53. The maximum absolute atomic E-state index is 11.6. The average molecular weight is 224 g/mol. The summed E-state index contributed by atoms with van der Waals surface area (Å²) in [7, 11) is 0. The Balaban J connectivity index is 2.49. The van der Waals surface area contributed by atoms with Gasteiger partial charge >= 0.3 is 5.97 Å². The van der Waals surface area contributed by atoms with E-state index in [-0.39, 0.29) is 11.9 Å². The van der Waals surface area contributed by atoms with Crippen LogP contribution < -0.4 is 0 Å². The molecule has 0 saturated carbocycles. The predicted molar refractivity (Wildman–Crippen MR) is 62.2 cm³/mol. The Morgan fingerprint density at radius 1 is 1.56 bits per heavy atom. The molecule has 16 heavy (non-hydrogen) atoms. The van der Waals surface area contributed by atoms with Crippen molar-refractivity contribution in [2.24, 2.45) is 0 Å². The second-order valence-electron chi connectivity index (χ2n) is 3.87. The fraction of sp³-hybridized carbons (Fsp3) is 0.667. The zero-order valence-electron chi connectivity index (χ0n) is 10.2. The van der Waals surface area contributed by atoms with Gasteiger partial charge in [0.2, 0.25) is 0 Å². The normalized spacial score (nSPS) is 12.4. The zero-order valence-corrected chi connectivity index (χ0v) is 10.2. The van der Waals surface area contributed by atoms with E-state index in [0.29, 0.717) is 6.61 Å². The fourth-order valence-electron chi connectivity index (χ4n) is 1.34. The van der Waals surface area contributed by atoms with Crippen molar-refractivity contribution in [2.45, 2.75) is 46.0 Å². The van der Waals surface area contributed by atoms with Gasteiger partial charge in [-0.2, -0.15) is 0 Å². The molecule has 4 heteroatoms. The molecule has 4 nitrogen and oxygen atoms in total. The van der Waals surface area contributed by atoms with Crippen LogP contribution in [0.1, 0.15) is 51.0 Å². The maximum Gasteiger partial charge on any atom is 0.314 e. The van der Waals surface area contributed by atoms with E-state index < -0.39 is 0 Å². The van der Waals surface area contributed by atoms with Gasteiger partial charge in [-0.05, 0) is 13.3 Å². The highest BCUT2D eigenvalue weighted by Crippen LogP contribution is 2.14. The predicted octanol–water partition coefficient (Wildman–Crippen LogP) is 2.42. The molecule has 0 bridgehead atoms. The summed E-state index contributed by atoms with van der Waals surface area (Å²) < 4.78 is 5.15. The smallest absolute Gasteiger partial charge is 0.314 e. The number of H-pyrrole nitrogens is 1. The van der Waals surface area contributed by atoms with Crippen molar-refractivity contribution in [3.8, 4) is 0 Å². The van der Waals surface area contributed by atoms with Gasteiger partial charge in [-0.25, -0.2) is 4.98 Å². The van der Waals surface area contributed by atoms with Gasteiger partial charge in [0.25, 0.3) is 0 Å². The largest absolute Gasteiger partial charge is 0.465 e. The van der Waals surface area contributed by atoms with Crippen molar-refractivity contribution in [1.29, 1.82) is 0 Å². The van der Waals surface area contributed by atoms with Gasteiger partial charge < -0.3 is 9.72 Å². The first kappa shape index (κ1) is 12.7. The number of hydrogen-bond acceptors (Lipinski definition) is 3. The number of rotatable bonds is 6. The number of nitrogens with zero attached hydrogens (tertiary/aromatic N) is 1. The molecule has 0 aromatic carbocycles. The van der Waals surface area contributed by atoms with Crippen LogP contribution in [0.3, 0.4) is 0 Å². The Bertz CT molecular complexity index is 334. The number of carbonyl (C=O) groups excluding carboxylic acids is 1. The number of carbonyl (C=O) groups is 1. The maximum atomic E-state index is 11.6. The molecule has 0 spiro atoms. The van der Waals surface area contributed by atoms with E-state index in [9.17, 15) is 4.79 Å². The van der Waals surface area contributed by atoms with Crippen LogP contribution in [-0.4, -0.2) is 22.5 Å². The minimum absolute atomic E-state index is 0.192. The molecule has 0 aliphatic heterocycles. The third kappa shape index (κ3) is 3.36. The lowest BCUT2D eigenvalue weighted by Crippen LogP contribution is -2.14. The van der Waals surface area contributed by atoms with Crippen LogP contribution in [0.5, 0.6) is 0 Å². The molecule has 0 fully saturated rings. The fourth-order valence-corrected chi connectivity index (χ4v) is 1.34. The number of aromatic nitrogens is 2. The van der Waals surface area contributed by atoms with E-state index in [1.54, 1.807) is 6.20 Å². The number of hydrogen-bond donors (Lipinski definition) is 1. The highest BCUT2D eigenvalue weighted by atomic mass is 16.5. The van der Waals surface area contributed by atoms with E-state index >= 15 is 0 Å². The number of aromatic amines is 1. The van der Waals surface area contributed by atoms with Gasteiger partial charge in [0.15, 0.2) is 0 Å². The SMILES string of the molecule is CCCCOC(=O)C(C)c1c[nH]c(CC)n1. The molecule has 0 aliphatic carbocycles. The standard InChI is InChI=1S/C12H20N2O2/c1-4-6-7-16-12(15)9(3)10-8-13-11(5-2)14-10/h8-9H,4-7H2,1-3H3,(H,13,14). The van der Waals surface area contributed by atoms with E-state index in [2.05, 4.69) is 16.9 Å². The third-order valence-electron chi connectivity index (χ3n) is 2.53. The van der Waals surface area contributed by atoms with Crippen LogP contribution in [-0.2, 0) is 16.0 Å². The summed E-state index contributed by atoms with van der Waals surface area (Å²) >= 11 is 0. The van der Waals surface area contributed by atoms with E-state index in [1.165, 1.54) is 0 Å². The summed E-state index contributed by atoms with van der Waals surface area (Å²) in [5.41, 5.74) is 0.762. The van der Waals surface area contributed by atoms with Gasteiger partial charge in [0.1, 0.15) is 5.82 Å². The molecule has 0 aliphatic rings. The summed E-state index contributed by atoms with van der Waals surface area (Å²) in [6.45, 7) is 6.42. The van der Waals surface area contributed by atoms with Gasteiger partial charge in [-0.15, -0.1) is 0 Å². The molecule has 0 saturated heterocycles. The zero-order chi connectivity index (χ0) is 12.0. The second kappa shape index (κ2) is 6.30. The lowest BCUT2D eigenvalue weighted by Gasteiger charge is -2.08. The molecule has 1 unspecified atom stereocenters. The molecule has 90 valence electrons. The number of esters is 1. The monoisotopic (exact) mass is 224 g/mol. The minimum atomic E-state index is -0.284. The van der Waals surface area contributed by atoms with Gasteiger partial charge in [-0.3, -0.25) is 4.79 Å². The van der Waals surface area contributed by atoms with E-state index in [0.717, 1.165) is 30.8 Å². The van der Waals surface area contributed by atoms with Crippen molar-refractivity contribution in [2.75, 3.05) is 6.61 Å². The van der Waals surface area contributed by atoms with Crippen molar-refractivity contribution < 1.29 is 9.53 Å². The van der Waals surface area contributed by atoms with Crippen molar-refractivity contribution in [3.63, 3.8) is 0 Å². The van der Waals surface area contributed by atoms with Gasteiger partial charge in [-0.1, -0.05) is 20.3 Å². The molecule has 1 rings (SSSR count). The Hall–Kier alpha value is -1.32. The number of ether oxygens (including phenoxy) is 1. The molecule has 1 heterocycles. The van der Waals surface area contributed by atoms with Gasteiger partial charge in [0.05, 0.1) is 18.2 Å². The van der Waals surface area contributed by atoms with Gasteiger partial charge in [0, 0.05) is 12.6 Å². The summed E-state index contributed by atoms with van der Waals surface area (Å²) in [6.07, 6.45) is 4.57. The quantitative estimate of drug-likeness (QED) is 0.596. The molecule has 1 aromatic rings. The Kier molecular flexibility index (Phi) is 5.02. The average Bonchev–Trinajstić information content (AvgIpc) is 2.76. The summed E-state index contributed by atoms with van der Waals surface area (Å²) in [6, 6.07) is 0. The molecule has 0 amide bonds. The van der Waals surface area contributed by atoms with Crippen molar-refractivity contribution >= 4 is 5.97 Å². The Morgan fingerprint density at radius 3 is 2.88 bits per heavy atom. The number of unbranched alkanes of at least 4 members (excludes halogenated alkanes) is 1. The first-order valence-corrected chi connectivity index (χ1v) is 5.89. The van der Waals surface area contributed by atoms with Crippen LogP contribution in [0.2, 0.25) is 0 Å². The topological polar surface area (TPSA) is 55.0 Å². The molecule has 1 aromatic heterocycles. The Morgan fingerprint density at radius 2 is 2.31 bits per heavy atom. The van der Waals surface area contributed by atoms with Crippen LogP contribution in [0, 0.1) is 0 Å². The van der Waals surface area contributed by atoms with Crippen LogP contribution in [0.4, 0.5) is 0 Å². The lowest BCUT2D eigenvalue weighted by atomic mass is 10.1. The van der Waals surface area contributed by atoms with Crippen molar-refractivity contribution in [3.05, 3.63) is 17.7 Å². The Labute approximate surface area is 96.4 Å². The molecule has 1 N–H and O–H groups in total. The summed E-state index contributed by atoms with van der Waals surface area (Å²) in [4.78, 5) is 19.0. The first-order valence-electron chi connectivity index (χ1n) is 5.89. The number of imidazole rings is 1. The molecular formula is C12H20N2O2. The minimum Gasteiger partial charge on any atom is -0.465 e. The summed E-state index contributed by atoms with van der Waals surface area (Å²) in [5, 5.41) is 0. The highest BCUT2D eigenvalue weighted by Gasteiger charge is 2.19. The second-order valence-corrected chi connectivity index (χ2v) is 3.87. The molecular weight excluding hydrogens is 204 g/mol. The van der Waals surface area contributed by atoms with E-state index in [1.807, 2.05) is 13.8 Å². The van der Waals surface area contributed by atoms with E-state index in [4.69, 9.17) is 4.74 Å². The molecule has 1 atom stereocenters. The highest BCUT2D eigenvalue weighted by molar-refractivity contribution is 5.76. The van der Waals surface area contributed by atoms with Crippen molar-refractivity contribution in [1.82, 2.24) is 9.97 Å². The number of nitrogens with one attached hydrogen (secondary N) is 1. The van der Waals surface area contributed by atoms with Crippen LogP contribution in [0.25, 0.3) is 0 Å².